The number of aromatic nitrogens is 2. The van der Waals surface area contributed by atoms with Crippen LogP contribution in [0.5, 0.6) is 0 Å². The summed E-state index contributed by atoms with van der Waals surface area (Å²) in [6.07, 6.45) is 0. The molecule has 33 heavy (non-hydrogen) atoms. The maximum atomic E-state index is 12.8. The van der Waals surface area contributed by atoms with Crippen LogP contribution < -0.4 is 5.32 Å². The lowest BCUT2D eigenvalue weighted by atomic mass is 10.0. The van der Waals surface area contributed by atoms with E-state index in [1.54, 1.807) is 0 Å². The van der Waals surface area contributed by atoms with E-state index in [9.17, 15) is 4.79 Å². The van der Waals surface area contributed by atoms with Crippen molar-refractivity contribution in [2.45, 2.75) is 13.8 Å². The number of anilines is 1. The third-order valence-corrected chi connectivity index (χ3v) is 5.80. The number of fused-ring (bicyclic) bond motifs is 1. The molecular formula is C29H23N3O. The molecule has 4 heteroatoms. The average molecular weight is 430 g/mol. The van der Waals surface area contributed by atoms with E-state index in [0.29, 0.717) is 5.56 Å². The number of hydrogen-bond donors (Lipinski definition) is 1. The number of carbonyl (C=O) groups excluding carboxylic acids is 1. The molecule has 0 aliphatic rings. The van der Waals surface area contributed by atoms with E-state index in [1.807, 2.05) is 104 Å². The molecule has 1 heterocycles. The number of aryl methyl sites for hydroxylation is 2. The van der Waals surface area contributed by atoms with Crippen molar-refractivity contribution in [1.82, 2.24) is 9.97 Å². The normalized spacial score (nSPS) is 10.8. The summed E-state index contributed by atoms with van der Waals surface area (Å²) in [5, 5.41) is 2.98. The molecule has 5 rings (SSSR count). The minimum atomic E-state index is -0.141. The maximum absolute atomic E-state index is 12.8. The SMILES string of the molecule is Cc1ccc(NC(=O)c2ccc(-c3nc4ccccc4nc3-c3ccccc3)cc2)cc1C. The van der Waals surface area contributed by atoms with Crippen LogP contribution in [-0.4, -0.2) is 15.9 Å². The number of rotatable bonds is 4. The van der Waals surface area contributed by atoms with Crippen LogP contribution in [-0.2, 0) is 0 Å². The van der Waals surface area contributed by atoms with Crippen molar-refractivity contribution in [2.24, 2.45) is 0 Å². The molecule has 1 N–H and O–H groups in total. The molecule has 1 amide bonds. The summed E-state index contributed by atoms with van der Waals surface area (Å²) in [5.41, 5.74) is 8.94. The van der Waals surface area contributed by atoms with E-state index in [-0.39, 0.29) is 5.91 Å². The first-order chi connectivity index (χ1) is 16.1. The number of para-hydroxylation sites is 2. The fourth-order valence-corrected chi connectivity index (χ4v) is 3.80. The zero-order chi connectivity index (χ0) is 22.8. The first-order valence-electron chi connectivity index (χ1n) is 10.9. The van der Waals surface area contributed by atoms with Crippen molar-refractivity contribution in [3.63, 3.8) is 0 Å². The molecule has 0 aliphatic heterocycles. The monoisotopic (exact) mass is 429 g/mol. The highest BCUT2D eigenvalue weighted by Crippen LogP contribution is 2.31. The Balaban J connectivity index is 1.50. The average Bonchev–Trinajstić information content (AvgIpc) is 2.86. The second-order valence-electron chi connectivity index (χ2n) is 8.11. The molecule has 160 valence electrons. The Morgan fingerprint density at radius 2 is 1.21 bits per heavy atom. The third-order valence-electron chi connectivity index (χ3n) is 5.80. The third kappa shape index (κ3) is 4.23. The summed E-state index contributed by atoms with van der Waals surface area (Å²) in [5.74, 6) is -0.141. The van der Waals surface area contributed by atoms with Crippen molar-refractivity contribution in [3.05, 3.63) is 114 Å². The summed E-state index contributed by atoms with van der Waals surface area (Å²) in [6, 6.07) is 31.4. The number of hydrogen-bond acceptors (Lipinski definition) is 3. The van der Waals surface area contributed by atoms with Gasteiger partial charge in [-0.25, -0.2) is 9.97 Å². The molecule has 4 aromatic carbocycles. The van der Waals surface area contributed by atoms with Crippen LogP contribution in [0.15, 0.2) is 97.1 Å². The maximum Gasteiger partial charge on any atom is 0.255 e. The van der Waals surface area contributed by atoms with E-state index in [2.05, 4.69) is 12.2 Å². The number of nitrogens with zero attached hydrogens (tertiary/aromatic N) is 2. The van der Waals surface area contributed by atoms with Gasteiger partial charge in [0.25, 0.3) is 5.91 Å². The minimum absolute atomic E-state index is 0.141. The van der Waals surface area contributed by atoms with Crippen LogP contribution >= 0.6 is 0 Å². The molecule has 0 radical (unpaired) electrons. The lowest BCUT2D eigenvalue weighted by Gasteiger charge is -2.11. The van der Waals surface area contributed by atoms with Gasteiger partial charge in [0.2, 0.25) is 0 Å². The van der Waals surface area contributed by atoms with Crippen LogP contribution in [0, 0.1) is 13.8 Å². The second kappa shape index (κ2) is 8.67. The highest BCUT2D eigenvalue weighted by Gasteiger charge is 2.14. The predicted octanol–water partition coefficient (Wildman–Crippen LogP) is 6.83. The fraction of sp³-hybridized carbons (Fsp3) is 0.0690. The van der Waals surface area contributed by atoms with Crippen LogP contribution in [0.4, 0.5) is 5.69 Å². The molecule has 0 unspecified atom stereocenters. The summed E-state index contributed by atoms with van der Waals surface area (Å²) in [7, 11) is 0. The zero-order valence-corrected chi connectivity index (χ0v) is 18.5. The molecule has 5 aromatic rings. The van der Waals surface area contributed by atoms with E-state index >= 15 is 0 Å². The topological polar surface area (TPSA) is 54.9 Å². The van der Waals surface area contributed by atoms with Gasteiger partial charge >= 0.3 is 0 Å². The van der Waals surface area contributed by atoms with E-state index in [1.165, 1.54) is 5.56 Å². The van der Waals surface area contributed by atoms with E-state index in [4.69, 9.17) is 9.97 Å². The van der Waals surface area contributed by atoms with Gasteiger partial charge in [0.15, 0.2) is 0 Å². The molecule has 1 aromatic heterocycles. The number of amides is 1. The predicted molar refractivity (Wildman–Crippen MR) is 134 cm³/mol. The molecule has 0 spiro atoms. The van der Waals surface area contributed by atoms with Gasteiger partial charge in [-0.05, 0) is 61.4 Å². The Hall–Kier alpha value is -4.31. The molecular weight excluding hydrogens is 406 g/mol. The van der Waals surface area contributed by atoms with Gasteiger partial charge in [-0.15, -0.1) is 0 Å². The van der Waals surface area contributed by atoms with Crippen molar-refractivity contribution in [3.8, 4) is 22.5 Å². The zero-order valence-electron chi connectivity index (χ0n) is 18.5. The van der Waals surface area contributed by atoms with Crippen molar-refractivity contribution in [2.75, 3.05) is 5.32 Å². The molecule has 4 nitrogen and oxygen atoms in total. The van der Waals surface area contributed by atoms with Crippen LogP contribution in [0.2, 0.25) is 0 Å². The standard InChI is InChI=1S/C29H23N3O/c1-19-12-17-24(18-20(19)2)30-29(33)23-15-13-22(14-16-23)28-27(21-8-4-3-5-9-21)31-25-10-6-7-11-26(25)32-28/h3-18H,1-2H3,(H,30,33). The molecule has 0 fully saturated rings. The Morgan fingerprint density at radius 3 is 1.82 bits per heavy atom. The molecule has 0 saturated carbocycles. The van der Waals surface area contributed by atoms with Gasteiger partial charge in [0.05, 0.1) is 22.4 Å². The lowest BCUT2D eigenvalue weighted by molar-refractivity contribution is 0.102. The molecule has 0 atom stereocenters. The van der Waals surface area contributed by atoms with Crippen LogP contribution in [0.1, 0.15) is 21.5 Å². The quantitative estimate of drug-likeness (QED) is 0.340. The fourth-order valence-electron chi connectivity index (χ4n) is 3.80. The van der Waals surface area contributed by atoms with Gasteiger partial charge < -0.3 is 5.32 Å². The molecule has 0 saturated heterocycles. The van der Waals surface area contributed by atoms with Crippen molar-refractivity contribution >= 4 is 22.6 Å². The summed E-state index contributed by atoms with van der Waals surface area (Å²) in [6.45, 7) is 4.09. The van der Waals surface area contributed by atoms with Crippen LogP contribution in [0.25, 0.3) is 33.5 Å². The largest absolute Gasteiger partial charge is 0.322 e. The Labute approximate surface area is 193 Å². The number of nitrogens with one attached hydrogen (secondary N) is 1. The van der Waals surface area contributed by atoms with E-state index < -0.39 is 0 Å². The van der Waals surface area contributed by atoms with Crippen LogP contribution in [0.3, 0.4) is 0 Å². The van der Waals surface area contributed by atoms with Gasteiger partial charge in [-0.2, -0.15) is 0 Å². The Bertz CT molecular complexity index is 1460. The Kier molecular flexibility index (Phi) is 5.41. The molecule has 0 bridgehead atoms. The molecule has 0 aliphatic carbocycles. The van der Waals surface area contributed by atoms with Gasteiger partial charge in [-0.3, -0.25) is 4.79 Å². The highest BCUT2D eigenvalue weighted by atomic mass is 16.1. The summed E-state index contributed by atoms with van der Waals surface area (Å²) < 4.78 is 0. The smallest absolute Gasteiger partial charge is 0.255 e. The van der Waals surface area contributed by atoms with Crippen molar-refractivity contribution in [1.29, 1.82) is 0 Å². The minimum Gasteiger partial charge on any atom is -0.322 e. The van der Waals surface area contributed by atoms with Crippen molar-refractivity contribution < 1.29 is 4.79 Å². The summed E-state index contributed by atoms with van der Waals surface area (Å²) in [4.78, 5) is 22.6. The summed E-state index contributed by atoms with van der Waals surface area (Å²) >= 11 is 0. The Morgan fingerprint density at radius 1 is 0.636 bits per heavy atom. The van der Waals surface area contributed by atoms with Gasteiger partial charge in [0.1, 0.15) is 0 Å². The number of benzene rings is 4. The highest BCUT2D eigenvalue weighted by molar-refractivity contribution is 6.04. The number of carbonyl (C=O) groups is 1. The van der Waals surface area contributed by atoms with E-state index in [0.717, 1.165) is 44.8 Å². The lowest BCUT2D eigenvalue weighted by Crippen LogP contribution is -2.12. The first-order valence-corrected chi connectivity index (χ1v) is 10.9. The van der Waals surface area contributed by atoms with Gasteiger partial charge in [0, 0.05) is 22.4 Å². The second-order valence-corrected chi connectivity index (χ2v) is 8.11. The van der Waals surface area contributed by atoms with Gasteiger partial charge in [-0.1, -0.05) is 60.7 Å². The first kappa shape index (κ1) is 20.6.